The molecule has 0 spiro atoms. The quantitative estimate of drug-likeness (QED) is 0.634. The zero-order valence-electron chi connectivity index (χ0n) is 15.8. The van der Waals surface area contributed by atoms with Gasteiger partial charge in [0, 0.05) is 38.3 Å². The van der Waals surface area contributed by atoms with Crippen molar-refractivity contribution in [1.29, 1.82) is 0 Å². The molecule has 5 heteroatoms. The molecule has 0 radical (unpaired) electrons. The molecule has 2 unspecified atom stereocenters. The van der Waals surface area contributed by atoms with Gasteiger partial charge in [-0.3, -0.25) is 4.90 Å². The van der Waals surface area contributed by atoms with Crippen LogP contribution in [0.15, 0.2) is 30.3 Å². The lowest BCUT2D eigenvalue weighted by molar-refractivity contribution is 0.148. The van der Waals surface area contributed by atoms with Crippen LogP contribution in [-0.2, 0) is 6.54 Å². The van der Waals surface area contributed by atoms with Gasteiger partial charge >= 0.3 is 6.03 Å². The van der Waals surface area contributed by atoms with Crippen molar-refractivity contribution in [3.8, 4) is 0 Å². The Labute approximate surface area is 151 Å². The summed E-state index contributed by atoms with van der Waals surface area (Å²) in [6, 6.07) is 11.0. The predicted molar refractivity (Wildman–Crippen MR) is 101 cm³/mol. The molecule has 25 heavy (non-hydrogen) atoms. The number of nitrogens with one attached hydrogen (secondary N) is 2. The smallest absolute Gasteiger partial charge is 0.315 e. The maximum Gasteiger partial charge on any atom is 0.315 e. The van der Waals surface area contributed by atoms with Crippen molar-refractivity contribution in [1.82, 2.24) is 15.5 Å². The van der Waals surface area contributed by atoms with Gasteiger partial charge in [0.2, 0.25) is 0 Å². The highest BCUT2D eigenvalue weighted by molar-refractivity contribution is 5.74. The first kappa shape index (κ1) is 19.7. The lowest BCUT2D eigenvalue weighted by atomic mass is 9.89. The number of benzene rings is 1. The Morgan fingerprint density at radius 3 is 2.72 bits per heavy atom. The third-order valence-corrected chi connectivity index (χ3v) is 5.01. The molecule has 5 nitrogen and oxygen atoms in total. The van der Waals surface area contributed by atoms with Crippen molar-refractivity contribution in [3.63, 3.8) is 0 Å². The molecule has 0 aromatic heterocycles. The van der Waals surface area contributed by atoms with Gasteiger partial charge in [-0.05, 0) is 37.2 Å². The van der Waals surface area contributed by atoms with Crippen LogP contribution in [0.3, 0.4) is 0 Å². The summed E-state index contributed by atoms with van der Waals surface area (Å²) in [6.45, 7) is 8.93. The van der Waals surface area contributed by atoms with Crippen LogP contribution in [0.1, 0.15) is 45.6 Å². The van der Waals surface area contributed by atoms with Crippen LogP contribution in [0.5, 0.6) is 0 Å². The molecule has 0 bridgehead atoms. The Balaban J connectivity index is 1.68. The number of nitrogens with zero attached hydrogens (tertiary/aromatic N) is 1. The number of carbonyl (C=O) groups is 1. The summed E-state index contributed by atoms with van der Waals surface area (Å²) in [6.07, 6.45) is 2.76. The number of hydrogen-bond acceptors (Lipinski definition) is 3. The zero-order valence-corrected chi connectivity index (χ0v) is 15.8. The van der Waals surface area contributed by atoms with Gasteiger partial charge in [-0.15, -0.1) is 0 Å². The number of amides is 2. The first-order chi connectivity index (χ1) is 11.9. The summed E-state index contributed by atoms with van der Waals surface area (Å²) in [7, 11) is 0. The Morgan fingerprint density at radius 1 is 1.32 bits per heavy atom. The number of carbonyl (C=O) groups excluding carboxylic acids is 1. The lowest BCUT2D eigenvalue weighted by Gasteiger charge is -2.21. The fraction of sp³-hybridized carbons (Fsp3) is 0.650. The summed E-state index contributed by atoms with van der Waals surface area (Å²) in [5, 5.41) is 15.3. The standard InChI is InChI=1S/C20H33N3O2/c1-16-12-18(14-23(16)13-17-8-5-4-6-9-17)22-19(25)21-11-7-10-20(2,3)15-24/h4-6,8-9,16,18,24H,7,10-15H2,1-3H3,(H2,21,22,25). The van der Waals surface area contributed by atoms with E-state index in [1.165, 1.54) is 5.56 Å². The predicted octanol–water partition coefficient (Wildman–Crippen LogP) is 2.75. The van der Waals surface area contributed by atoms with E-state index in [0.717, 1.165) is 32.4 Å². The van der Waals surface area contributed by atoms with Crippen molar-refractivity contribution in [2.45, 2.75) is 58.7 Å². The van der Waals surface area contributed by atoms with Gasteiger partial charge in [0.15, 0.2) is 0 Å². The SMILES string of the molecule is CC1CC(NC(=O)NCCCC(C)(C)CO)CN1Cc1ccccc1. The minimum atomic E-state index is -0.0828. The molecule has 0 saturated carbocycles. The third kappa shape index (κ3) is 6.67. The lowest BCUT2D eigenvalue weighted by Crippen LogP contribution is -2.43. The van der Waals surface area contributed by atoms with E-state index in [0.29, 0.717) is 12.6 Å². The average Bonchev–Trinajstić information content (AvgIpc) is 2.92. The minimum absolute atomic E-state index is 0.0724. The van der Waals surface area contributed by atoms with Crippen LogP contribution in [0.25, 0.3) is 0 Å². The summed E-state index contributed by atoms with van der Waals surface area (Å²) in [5.41, 5.74) is 1.24. The van der Waals surface area contributed by atoms with E-state index >= 15 is 0 Å². The number of rotatable bonds is 8. The maximum absolute atomic E-state index is 12.1. The molecular formula is C20H33N3O2. The van der Waals surface area contributed by atoms with Gasteiger partial charge in [0.1, 0.15) is 0 Å². The Hall–Kier alpha value is -1.59. The average molecular weight is 348 g/mol. The Bertz CT molecular complexity index is 533. The zero-order chi connectivity index (χ0) is 18.3. The Kier molecular flexibility index (Phi) is 7.26. The molecule has 2 atom stereocenters. The van der Waals surface area contributed by atoms with Crippen molar-refractivity contribution >= 4 is 6.03 Å². The fourth-order valence-corrected chi connectivity index (χ4v) is 3.33. The van der Waals surface area contributed by atoms with E-state index in [9.17, 15) is 9.90 Å². The number of likely N-dealkylation sites (tertiary alicyclic amines) is 1. The highest BCUT2D eigenvalue weighted by Crippen LogP contribution is 2.21. The van der Waals surface area contributed by atoms with Crippen molar-refractivity contribution < 1.29 is 9.90 Å². The van der Waals surface area contributed by atoms with Crippen LogP contribution >= 0.6 is 0 Å². The largest absolute Gasteiger partial charge is 0.396 e. The second-order valence-corrected chi connectivity index (χ2v) is 8.02. The van der Waals surface area contributed by atoms with Gasteiger partial charge in [-0.2, -0.15) is 0 Å². The van der Waals surface area contributed by atoms with E-state index in [2.05, 4.69) is 46.7 Å². The highest BCUT2D eigenvalue weighted by Gasteiger charge is 2.29. The van der Waals surface area contributed by atoms with Gasteiger partial charge in [-0.25, -0.2) is 4.79 Å². The van der Waals surface area contributed by atoms with Gasteiger partial charge in [0.05, 0.1) is 0 Å². The summed E-state index contributed by atoms with van der Waals surface area (Å²) >= 11 is 0. The molecule has 1 saturated heterocycles. The maximum atomic E-state index is 12.1. The molecule has 1 aliphatic rings. The fourth-order valence-electron chi connectivity index (χ4n) is 3.33. The first-order valence-electron chi connectivity index (χ1n) is 9.33. The summed E-state index contributed by atoms with van der Waals surface area (Å²) in [4.78, 5) is 14.5. The van der Waals surface area contributed by atoms with Crippen molar-refractivity contribution in [3.05, 3.63) is 35.9 Å². The molecule has 1 aromatic rings. The molecule has 140 valence electrons. The molecule has 2 rings (SSSR count). The number of aliphatic hydroxyl groups excluding tert-OH is 1. The number of hydrogen-bond donors (Lipinski definition) is 3. The second-order valence-electron chi connectivity index (χ2n) is 8.02. The van der Waals surface area contributed by atoms with Crippen LogP contribution in [-0.4, -0.2) is 47.8 Å². The van der Waals surface area contributed by atoms with E-state index in [4.69, 9.17) is 0 Å². The molecule has 1 aromatic carbocycles. The van der Waals surface area contributed by atoms with Crippen LogP contribution < -0.4 is 10.6 Å². The minimum Gasteiger partial charge on any atom is -0.396 e. The molecule has 1 heterocycles. The number of urea groups is 1. The van der Waals surface area contributed by atoms with Crippen LogP contribution in [0.2, 0.25) is 0 Å². The summed E-state index contributed by atoms with van der Waals surface area (Å²) < 4.78 is 0. The van der Waals surface area contributed by atoms with Gasteiger partial charge < -0.3 is 15.7 Å². The molecule has 3 N–H and O–H groups in total. The van der Waals surface area contributed by atoms with E-state index in [1.54, 1.807) is 0 Å². The van der Waals surface area contributed by atoms with Gasteiger partial charge in [-0.1, -0.05) is 44.2 Å². The van der Waals surface area contributed by atoms with Crippen LogP contribution in [0, 0.1) is 5.41 Å². The van der Waals surface area contributed by atoms with E-state index in [-0.39, 0.29) is 24.1 Å². The molecule has 1 fully saturated rings. The monoisotopic (exact) mass is 347 g/mol. The number of aliphatic hydroxyl groups is 1. The van der Waals surface area contributed by atoms with E-state index < -0.39 is 0 Å². The van der Waals surface area contributed by atoms with Crippen molar-refractivity contribution in [2.75, 3.05) is 19.7 Å². The molecule has 0 aliphatic carbocycles. The topological polar surface area (TPSA) is 64.6 Å². The van der Waals surface area contributed by atoms with Crippen LogP contribution in [0.4, 0.5) is 4.79 Å². The molecule has 2 amide bonds. The second kappa shape index (κ2) is 9.20. The summed E-state index contributed by atoms with van der Waals surface area (Å²) in [5.74, 6) is 0. The van der Waals surface area contributed by atoms with Crippen molar-refractivity contribution in [2.24, 2.45) is 5.41 Å². The molecular weight excluding hydrogens is 314 g/mol. The first-order valence-corrected chi connectivity index (χ1v) is 9.33. The highest BCUT2D eigenvalue weighted by atomic mass is 16.3. The van der Waals surface area contributed by atoms with Gasteiger partial charge in [0.25, 0.3) is 0 Å². The molecule has 1 aliphatic heterocycles. The third-order valence-electron chi connectivity index (χ3n) is 5.01. The normalized spacial score (nSPS) is 21.3. The Morgan fingerprint density at radius 2 is 2.04 bits per heavy atom. The van der Waals surface area contributed by atoms with E-state index in [1.807, 2.05) is 19.9 Å².